The molecule has 0 saturated heterocycles. The number of nitrogens with one attached hydrogen (secondary N) is 2. The van der Waals surface area contributed by atoms with Crippen LogP contribution in [0.5, 0.6) is 0 Å². The molecule has 2 rings (SSSR count). The number of amides is 2. The van der Waals surface area contributed by atoms with E-state index in [1.54, 1.807) is 0 Å². The molecule has 5 nitrogen and oxygen atoms in total. The van der Waals surface area contributed by atoms with Crippen LogP contribution in [0.25, 0.3) is 0 Å². The van der Waals surface area contributed by atoms with Gasteiger partial charge in [0, 0.05) is 5.70 Å². The van der Waals surface area contributed by atoms with Gasteiger partial charge in [-0.05, 0) is 18.6 Å². The predicted octanol–water partition coefficient (Wildman–Crippen LogP) is 2.51. The number of benzene rings is 1. The fraction of sp³-hybridized carbons (Fsp3) is 0.286. The fourth-order valence-corrected chi connectivity index (χ4v) is 2.31. The van der Waals surface area contributed by atoms with Crippen molar-refractivity contribution in [2.75, 3.05) is 7.11 Å². The van der Waals surface area contributed by atoms with E-state index in [4.69, 9.17) is 0 Å². The number of esters is 1. The maximum atomic E-state index is 13.1. The molecule has 1 aromatic carbocycles. The predicted molar refractivity (Wildman–Crippen MR) is 70.6 cm³/mol. The number of rotatable bonds is 2. The lowest BCUT2D eigenvalue weighted by molar-refractivity contribution is -0.139. The van der Waals surface area contributed by atoms with Gasteiger partial charge < -0.3 is 15.4 Å². The minimum Gasteiger partial charge on any atom is -0.466 e. The summed E-state index contributed by atoms with van der Waals surface area (Å²) in [5.41, 5.74) is -1.06. The average Bonchev–Trinajstić information content (AvgIpc) is 2.45. The van der Waals surface area contributed by atoms with Crippen molar-refractivity contribution in [1.82, 2.24) is 10.6 Å². The number of carbonyl (C=O) groups excluding carboxylic acids is 2. The second kappa shape index (κ2) is 5.70. The largest absolute Gasteiger partial charge is 0.466 e. The van der Waals surface area contributed by atoms with Crippen molar-refractivity contribution in [3.63, 3.8) is 0 Å². The first-order valence-corrected chi connectivity index (χ1v) is 6.28. The molecule has 0 spiro atoms. The maximum Gasteiger partial charge on any atom is 0.416 e. The van der Waals surface area contributed by atoms with Gasteiger partial charge in [0.25, 0.3) is 0 Å². The van der Waals surface area contributed by atoms with Gasteiger partial charge in [-0.1, -0.05) is 18.2 Å². The van der Waals surface area contributed by atoms with Crippen molar-refractivity contribution in [3.05, 3.63) is 46.7 Å². The van der Waals surface area contributed by atoms with Crippen LogP contribution in [-0.4, -0.2) is 19.1 Å². The molecule has 0 fully saturated rings. The number of methoxy groups -OCH3 is 1. The summed E-state index contributed by atoms with van der Waals surface area (Å²) in [5, 5.41) is 4.68. The first kappa shape index (κ1) is 15.9. The van der Waals surface area contributed by atoms with Crippen LogP contribution in [0, 0.1) is 0 Å². The molecule has 0 bridgehead atoms. The van der Waals surface area contributed by atoms with E-state index in [0.717, 1.165) is 13.2 Å². The Kier molecular flexibility index (Phi) is 4.11. The second-order valence-electron chi connectivity index (χ2n) is 4.65. The molecule has 1 aliphatic heterocycles. The molecule has 1 aliphatic rings. The SMILES string of the molecule is COC(=O)C1=C(C)NC(=O)NC1c1ccccc1C(F)(F)F. The lowest BCUT2D eigenvalue weighted by Gasteiger charge is -2.29. The molecule has 1 aromatic rings. The highest BCUT2D eigenvalue weighted by Gasteiger charge is 2.39. The molecule has 22 heavy (non-hydrogen) atoms. The molecule has 2 N–H and O–H groups in total. The number of halogens is 3. The molecule has 1 unspecified atom stereocenters. The monoisotopic (exact) mass is 314 g/mol. The van der Waals surface area contributed by atoms with Crippen LogP contribution in [0.15, 0.2) is 35.5 Å². The topological polar surface area (TPSA) is 67.4 Å². The Morgan fingerprint density at radius 2 is 1.91 bits per heavy atom. The summed E-state index contributed by atoms with van der Waals surface area (Å²) in [7, 11) is 1.12. The number of allylic oxidation sites excluding steroid dienone is 1. The van der Waals surface area contributed by atoms with Crippen molar-refractivity contribution < 1.29 is 27.5 Å². The zero-order valence-electron chi connectivity index (χ0n) is 11.7. The first-order valence-electron chi connectivity index (χ1n) is 6.28. The molecule has 0 aliphatic carbocycles. The zero-order valence-corrected chi connectivity index (χ0v) is 11.7. The fourth-order valence-electron chi connectivity index (χ4n) is 2.31. The third-order valence-corrected chi connectivity index (χ3v) is 3.25. The van der Waals surface area contributed by atoms with E-state index in [9.17, 15) is 22.8 Å². The van der Waals surface area contributed by atoms with Crippen molar-refractivity contribution in [3.8, 4) is 0 Å². The molecule has 1 atom stereocenters. The third-order valence-electron chi connectivity index (χ3n) is 3.25. The average molecular weight is 314 g/mol. The Hall–Kier alpha value is -2.51. The Morgan fingerprint density at radius 1 is 1.27 bits per heavy atom. The molecule has 8 heteroatoms. The number of urea groups is 1. The number of ether oxygens (including phenoxy) is 1. The van der Waals surface area contributed by atoms with E-state index in [1.807, 2.05) is 0 Å². The zero-order chi connectivity index (χ0) is 16.5. The van der Waals surface area contributed by atoms with E-state index in [0.29, 0.717) is 0 Å². The third kappa shape index (κ3) is 2.90. The minimum absolute atomic E-state index is 0.0706. The molecule has 0 saturated carbocycles. The number of hydrogen-bond donors (Lipinski definition) is 2. The van der Waals surface area contributed by atoms with E-state index in [2.05, 4.69) is 15.4 Å². The highest BCUT2D eigenvalue weighted by atomic mass is 19.4. The molecule has 2 amide bonds. The van der Waals surface area contributed by atoms with E-state index >= 15 is 0 Å². The van der Waals surface area contributed by atoms with Crippen LogP contribution < -0.4 is 10.6 Å². The van der Waals surface area contributed by atoms with Crippen LogP contribution in [0.3, 0.4) is 0 Å². The highest BCUT2D eigenvalue weighted by Crippen LogP contribution is 2.37. The number of hydrogen-bond acceptors (Lipinski definition) is 3. The van der Waals surface area contributed by atoms with Gasteiger partial charge in [-0.2, -0.15) is 13.2 Å². The van der Waals surface area contributed by atoms with Gasteiger partial charge in [0.05, 0.1) is 24.3 Å². The Labute approximate surface area is 124 Å². The Morgan fingerprint density at radius 3 is 2.50 bits per heavy atom. The van der Waals surface area contributed by atoms with Gasteiger partial charge in [-0.3, -0.25) is 0 Å². The van der Waals surface area contributed by atoms with Crippen LogP contribution in [0.1, 0.15) is 24.1 Å². The van der Waals surface area contributed by atoms with Gasteiger partial charge in [0.1, 0.15) is 0 Å². The summed E-state index contributed by atoms with van der Waals surface area (Å²) in [4.78, 5) is 23.5. The summed E-state index contributed by atoms with van der Waals surface area (Å²) in [6.45, 7) is 1.42. The Balaban J connectivity index is 2.62. The molecular weight excluding hydrogens is 301 g/mol. The second-order valence-corrected chi connectivity index (χ2v) is 4.65. The van der Waals surface area contributed by atoms with Crippen molar-refractivity contribution >= 4 is 12.0 Å². The van der Waals surface area contributed by atoms with Crippen molar-refractivity contribution in [2.24, 2.45) is 0 Å². The van der Waals surface area contributed by atoms with Crippen molar-refractivity contribution in [1.29, 1.82) is 0 Å². The molecular formula is C14H13F3N2O3. The van der Waals surface area contributed by atoms with Gasteiger partial charge in [-0.25, -0.2) is 9.59 Å². The highest BCUT2D eigenvalue weighted by molar-refractivity contribution is 5.95. The lowest BCUT2D eigenvalue weighted by Crippen LogP contribution is -2.45. The summed E-state index contributed by atoms with van der Waals surface area (Å²) in [5.74, 6) is -0.813. The summed E-state index contributed by atoms with van der Waals surface area (Å²) in [6.07, 6.45) is -4.61. The van der Waals surface area contributed by atoms with Gasteiger partial charge in [0.15, 0.2) is 0 Å². The van der Waals surface area contributed by atoms with Crippen LogP contribution in [0.4, 0.5) is 18.0 Å². The summed E-state index contributed by atoms with van der Waals surface area (Å²) >= 11 is 0. The molecule has 0 aromatic heterocycles. The van der Waals surface area contributed by atoms with Crippen LogP contribution in [-0.2, 0) is 15.7 Å². The smallest absolute Gasteiger partial charge is 0.416 e. The number of alkyl halides is 3. The molecule has 1 heterocycles. The van der Waals surface area contributed by atoms with Gasteiger partial charge in [0.2, 0.25) is 0 Å². The standard InChI is InChI=1S/C14H13F3N2O3/c1-7-10(12(20)22-2)11(19-13(21)18-7)8-5-3-4-6-9(8)14(15,16)17/h3-6,11H,1-2H3,(H2,18,19,21). The lowest BCUT2D eigenvalue weighted by atomic mass is 9.91. The molecule has 0 radical (unpaired) electrons. The summed E-state index contributed by atoms with van der Waals surface area (Å²) in [6, 6.07) is 2.83. The van der Waals surface area contributed by atoms with E-state index in [1.165, 1.54) is 25.1 Å². The summed E-state index contributed by atoms with van der Waals surface area (Å²) < 4.78 is 44.0. The van der Waals surface area contributed by atoms with Gasteiger partial charge in [-0.15, -0.1) is 0 Å². The first-order chi connectivity index (χ1) is 10.3. The maximum absolute atomic E-state index is 13.1. The van der Waals surface area contributed by atoms with Crippen molar-refractivity contribution in [2.45, 2.75) is 19.1 Å². The minimum atomic E-state index is -4.61. The van der Waals surface area contributed by atoms with E-state index < -0.39 is 29.8 Å². The Bertz CT molecular complexity index is 653. The molecule has 118 valence electrons. The van der Waals surface area contributed by atoms with Crippen LogP contribution >= 0.6 is 0 Å². The normalized spacial score (nSPS) is 18.6. The van der Waals surface area contributed by atoms with Crippen LogP contribution in [0.2, 0.25) is 0 Å². The van der Waals surface area contributed by atoms with E-state index in [-0.39, 0.29) is 16.8 Å². The quantitative estimate of drug-likeness (QED) is 0.824. The van der Waals surface area contributed by atoms with Gasteiger partial charge >= 0.3 is 18.2 Å². The number of carbonyl (C=O) groups is 2.